The van der Waals surface area contributed by atoms with Crippen molar-refractivity contribution in [2.45, 2.75) is 39.5 Å². The van der Waals surface area contributed by atoms with Crippen molar-refractivity contribution in [2.24, 2.45) is 5.92 Å². The zero-order valence-electron chi connectivity index (χ0n) is 11.1. The molecule has 1 atom stereocenters. The molecule has 1 unspecified atom stereocenters. The lowest BCUT2D eigenvalue weighted by Gasteiger charge is -2.15. The predicted molar refractivity (Wildman–Crippen MR) is 69.9 cm³/mol. The van der Waals surface area contributed by atoms with Gasteiger partial charge in [-0.05, 0) is 30.5 Å². The van der Waals surface area contributed by atoms with E-state index in [1.807, 2.05) is 6.07 Å². The van der Waals surface area contributed by atoms with Gasteiger partial charge in [0.15, 0.2) is 11.6 Å². The molecule has 0 N–H and O–H groups in total. The van der Waals surface area contributed by atoms with Gasteiger partial charge in [0.25, 0.3) is 0 Å². The van der Waals surface area contributed by atoms with E-state index in [0.29, 0.717) is 18.1 Å². The van der Waals surface area contributed by atoms with Crippen LogP contribution in [0.1, 0.15) is 45.1 Å². The first-order valence-electron chi connectivity index (χ1n) is 6.53. The number of benzene rings is 1. The SMILES string of the molecule is CCCCC(CC)COc1ccc(C#N)cc1F. The summed E-state index contributed by atoms with van der Waals surface area (Å²) in [7, 11) is 0. The summed E-state index contributed by atoms with van der Waals surface area (Å²) in [6.07, 6.45) is 4.50. The molecule has 0 aliphatic rings. The monoisotopic (exact) mass is 249 g/mol. The number of halogens is 1. The van der Waals surface area contributed by atoms with Crippen LogP contribution in [0.5, 0.6) is 5.75 Å². The van der Waals surface area contributed by atoms with Crippen LogP contribution in [-0.4, -0.2) is 6.61 Å². The molecule has 0 saturated heterocycles. The molecule has 0 aliphatic carbocycles. The van der Waals surface area contributed by atoms with E-state index in [0.717, 1.165) is 12.8 Å². The second-order valence-corrected chi connectivity index (χ2v) is 4.48. The summed E-state index contributed by atoms with van der Waals surface area (Å²) >= 11 is 0. The first-order chi connectivity index (χ1) is 8.71. The van der Waals surface area contributed by atoms with Crippen LogP contribution in [0.15, 0.2) is 18.2 Å². The van der Waals surface area contributed by atoms with Crippen LogP contribution < -0.4 is 4.74 Å². The average Bonchev–Trinajstić information content (AvgIpc) is 2.40. The third kappa shape index (κ3) is 4.37. The lowest BCUT2D eigenvalue weighted by atomic mass is 10.0. The maximum Gasteiger partial charge on any atom is 0.166 e. The van der Waals surface area contributed by atoms with Crippen molar-refractivity contribution in [1.82, 2.24) is 0 Å². The van der Waals surface area contributed by atoms with Crippen molar-refractivity contribution < 1.29 is 9.13 Å². The summed E-state index contributed by atoms with van der Waals surface area (Å²) in [5, 5.41) is 8.65. The van der Waals surface area contributed by atoms with E-state index in [-0.39, 0.29) is 5.75 Å². The van der Waals surface area contributed by atoms with Crippen LogP contribution in [0.25, 0.3) is 0 Å². The van der Waals surface area contributed by atoms with Gasteiger partial charge in [-0.2, -0.15) is 5.26 Å². The van der Waals surface area contributed by atoms with Gasteiger partial charge >= 0.3 is 0 Å². The summed E-state index contributed by atoms with van der Waals surface area (Å²) in [6, 6.07) is 6.22. The molecule has 0 aromatic heterocycles. The molecule has 0 saturated carbocycles. The Morgan fingerprint density at radius 2 is 2.17 bits per heavy atom. The fourth-order valence-electron chi connectivity index (χ4n) is 1.79. The highest BCUT2D eigenvalue weighted by Gasteiger charge is 2.09. The molecule has 1 aromatic carbocycles. The number of hydrogen-bond acceptors (Lipinski definition) is 2. The van der Waals surface area contributed by atoms with Crippen molar-refractivity contribution in [2.75, 3.05) is 6.61 Å². The number of unbranched alkanes of at least 4 members (excludes halogenated alkanes) is 1. The first kappa shape index (κ1) is 14.5. The molecule has 0 heterocycles. The fraction of sp³-hybridized carbons (Fsp3) is 0.533. The van der Waals surface area contributed by atoms with E-state index in [1.165, 1.54) is 25.0 Å². The fourth-order valence-corrected chi connectivity index (χ4v) is 1.79. The van der Waals surface area contributed by atoms with Crippen LogP contribution in [-0.2, 0) is 0 Å². The van der Waals surface area contributed by atoms with E-state index in [2.05, 4.69) is 13.8 Å². The molecule has 0 amide bonds. The average molecular weight is 249 g/mol. The van der Waals surface area contributed by atoms with E-state index in [9.17, 15) is 4.39 Å². The van der Waals surface area contributed by atoms with E-state index >= 15 is 0 Å². The molecule has 0 aliphatic heterocycles. The smallest absolute Gasteiger partial charge is 0.166 e. The Morgan fingerprint density at radius 3 is 2.72 bits per heavy atom. The van der Waals surface area contributed by atoms with Gasteiger partial charge in [0.1, 0.15) is 0 Å². The molecule has 18 heavy (non-hydrogen) atoms. The summed E-state index contributed by atoms with van der Waals surface area (Å²) in [5.41, 5.74) is 0.317. The zero-order valence-corrected chi connectivity index (χ0v) is 11.1. The molecule has 0 radical (unpaired) electrons. The maximum atomic E-state index is 13.6. The molecular weight excluding hydrogens is 229 g/mol. The van der Waals surface area contributed by atoms with Gasteiger partial charge in [-0.3, -0.25) is 0 Å². The van der Waals surface area contributed by atoms with Crippen molar-refractivity contribution in [3.63, 3.8) is 0 Å². The van der Waals surface area contributed by atoms with Gasteiger partial charge in [-0.15, -0.1) is 0 Å². The molecule has 3 heteroatoms. The van der Waals surface area contributed by atoms with Crippen LogP contribution in [0.3, 0.4) is 0 Å². The van der Waals surface area contributed by atoms with Gasteiger partial charge in [0, 0.05) is 0 Å². The minimum absolute atomic E-state index is 0.240. The Balaban J connectivity index is 2.54. The third-order valence-corrected chi connectivity index (χ3v) is 3.08. The normalized spacial score (nSPS) is 11.9. The van der Waals surface area contributed by atoms with Crippen molar-refractivity contribution >= 4 is 0 Å². The molecule has 98 valence electrons. The van der Waals surface area contributed by atoms with Gasteiger partial charge in [0.2, 0.25) is 0 Å². The topological polar surface area (TPSA) is 33.0 Å². The van der Waals surface area contributed by atoms with Gasteiger partial charge < -0.3 is 4.74 Å². The number of ether oxygens (including phenoxy) is 1. The highest BCUT2D eigenvalue weighted by atomic mass is 19.1. The minimum Gasteiger partial charge on any atom is -0.490 e. The van der Waals surface area contributed by atoms with E-state index < -0.39 is 5.82 Å². The Kier molecular flexibility index (Phi) is 6.21. The molecular formula is C15H20FNO. The molecule has 0 spiro atoms. The molecule has 0 fully saturated rings. The highest BCUT2D eigenvalue weighted by molar-refractivity contribution is 5.35. The summed E-state index contributed by atoms with van der Waals surface area (Å²) < 4.78 is 19.1. The zero-order chi connectivity index (χ0) is 13.4. The summed E-state index contributed by atoms with van der Waals surface area (Å²) in [6.45, 7) is 4.83. The van der Waals surface area contributed by atoms with Gasteiger partial charge in [-0.25, -0.2) is 4.39 Å². The second kappa shape index (κ2) is 7.71. The summed E-state index contributed by atoms with van der Waals surface area (Å²) in [5.74, 6) is 0.253. The lowest BCUT2D eigenvalue weighted by molar-refractivity contribution is 0.225. The third-order valence-electron chi connectivity index (χ3n) is 3.08. The maximum absolute atomic E-state index is 13.6. The number of nitriles is 1. The van der Waals surface area contributed by atoms with Crippen LogP contribution >= 0.6 is 0 Å². The van der Waals surface area contributed by atoms with Gasteiger partial charge in [-0.1, -0.05) is 33.1 Å². The molecule has 2 nitrogen and oxygen atoms in total. The van der Waals surface area contributed by atoms with Crippen LogP contribution in [0, 0.1) is 23.1 Å². The quantitative estimate of drug-likeness (QED) is 0.722. The predicted octanol–water partition coefficient (Wildman–Crippen LogP) is 4.29. The van der Waals surface area contributed by atoms with Crippen LogP contribution in [0.2, 0.25) is 0 Å². The Hall–Kier alpha value is -1.56. The number of nitrogens with zero attached hydrogens (tertiary/aromatic N) is 1. The Bertz CT molecular complexity index is 411. The number of rotatable bonds is 7. The lowest BCUT2D eigenvalue weighted by Crippen LogP contribution is -2.12. The standard InChI is InChI=1S/C15H20FNO/c1-3-5-6-12(4-2)11-18-15-8-7-13(10-17)9-14(15)16/h7-9,12H,3-6,11H2,1-2H3. The van der Waals surface area contributed by atoms with E-state index in [1.54, 1.807) is 6.07 Å². The molecule has 1 aromatic rings. The van der Waals surface area contributed by atoms with E-state index in [4.69, 9.17) is 10.00 Å². The largest absolute Gasteiger partial charge is 0.490 e. The second-order valence-electron chi connectivity index (χ2n) is 4.48. The van der Waals surface area contributed by atoms with Gasteiger partial charge in [0.05, 0.1) is 18.2 Å². The summed E-state index contributed by atoms with van der Waals surface area (Å²) in [4.78, 5) is 0. The Morgan fingerprint density at radius 1 is 1.39 bits per heavy atom. The van der Waals surface area contributed by atoms with Crippen molar-refractivity contribution in [1.29, 1.82) is 5.26 Å². The first-order valence-corrected chi connectivity index (χ1v) is 6.53. The minimum atomic E-state index is -0.459. The van der Waals surface area contributed by atoms with Crippen molar-refractivity contribution in [3.8, 4) is 11.8 Å². The van der Waals surface area contributed by atoms with Crippen molar-refractivity contribution in [3.05, 3.63) is 29.6 Å². The highest BCUT2D eigenvalue weighted by Crippen LogP contribution is 2.20. The molecule has 1 rings (SSSR count). The van der Waals surface area contributed by atoms with Crippen LogP contribution in [0.4, 0.5) is 4.39 Å². The number of hydrogen-bond donors (Lipinski definition) is 0. The molecule has 0 bridgehead atoms. The Labute approximate surface area is 108 Å².